The summed E-state index contributed by atoms with van der Waals surface area (Å²) in [6.45, 7) is 2.42. The zero-order valence-corrected chi connectivity index (χ0v) is 11.0. The van der Waals surface area contributed by atoms with Crippen LogP contribution < -0.4 is 0 Å². The van der Waals surface area contributed by atoms with Gasteiger partial charge in [-0.3, -0.25) is 9.78 Å². The maximum Gasteiger partial charge on any atom is 0.257 e. The number of rotatable bonds is 2. The highest BCUT2D eigenvalue weighted by atomic mass is 19.1. The topological polar surface area (TPSA) is 59.2 Å². The van der Waals surface area contributed by atoms with E-state index in [1.165, 1.54) is 12.3 Å². The van der Waals surface area contributed by atoms with Crippen molar-refractivity contribution in [3.05, 3.63) is 47.4 Å². The summed E-state index contributed by atoms with van der Waals surface area (Å²) < 4.78 is 18.9. The standard InChI is InChI=1S/C14H14FN3O2/c1-9-7-13(20-17-9)12-3-2-6-18(12)14(19)10-4-5-16-8-11(10)15/h4-5,7-8,12H,2-3,6H2,1H3. The molecule has 20 heavy (non-hydrogen) atoms. The van der Waals surface area contributed by atoms with E-state index in [-0.39, 0.29) is 17.5 Å². The third-order valence-electron chi connectivity index (χ3n) is 3.49. The molecule has 0 saturated carbocycles. The minimum Gasteiger partial charge on any atom is -0.359 e. The number of aromatic nitrogens is 2. The van der Waals surface area contributed by atoms with Gasteiger partial charge in [-0.2, -0.15) is 0 Å². The van der Waals surface area contributed by atoms with Gasteiger partial charge in [0.25, 0.3) is 5.91 Å². The average molecular weight is 275 g/mol. The third-order valence-corrected chi connectivity index (χ3v) is 3.49. The monoisotopic (exact) mass is 275 g/mol. The molecule has 3 heterocycles. The number of aryl methyl sites for hydroxylation is 1. The first kappa shape index (κ1) is 12.8. The second-order valence-corrected chi connectivity index (χ2v) is 4.88. The lowest BCUT2D eigenvalue weighted by Crippen LogP contribution is -2.31. The van der Waals surface area contributed by atoms with Gasteiger partial charge in [0.1, 0.15) is 0 Å². The van der Waals surface area contributed by atoms with Crippen molar-refractivity contribution >= 4 is 5.91 Å². The number of halogens is 1. The highest BCUT2D eigenvalue weighted by Gasteiger charge is 2.34. The number of hydrogen-bond donors (Lipinski definition) is 0. The van der Waals surface area contributed by atoms with Crippen LogP contribution >= 0.6 is 0 Å². The minimum atomic E-state index is -0.600. The summed E-state index contributed by atoms with van der Waals surface area (Å²) in [5, 5.41) is 3.85. The second-order valence-electron chi connectivity index (χ2n) is 4.88. The van der Waals surface area contributed by atoms with Crippen molar-refractivity contribution in [1.29, 1.82) is 0 Å². The Morgan fingerprint density at radius 1 is 1.55 bits per heavy atom. The lowest BCUT2D eigenvalue weighted by atomic mass is 10.1. The van der Waals surface area contributed by atoms with Crippen LogP contribution in [0.5, 0.6) is 0 Å². The van der Waals surface area contributed by atoms with Crippen molar-refractivity contribution in [3.63, 3.8) is 0 Å². The maximum absolute atomic E-state index is 13.7. The number of pyridine rings is 1. The summed E-state index contributed by atoms with van der Waals surface area (Å²) in [6, 6.07) is 3.05. The fourth-order valence-corrected chi connectivity index (χ4v) is 2.55. The zero-order chi connectivity index (χ0) is 14.1. The molecule has 1 amide bonds. The highest BCUT2D eigenvalue weighted by Crippen LogP contribution is 2.33. The highest BCUT2D eigenvalue weighted by molar-refractivity contribution is 5.94. The molecule has 1 aliphatic heterocycles. The molecule has 1 aliphatic rings. The molecule has 2 aromatic rings. The van der Waals surface area contributed by atoms with Gasteiger partial charge in [0.05, 0.1) is 23.5 Å². The molecule has 3 rings (SSSR count). The van der Waals surface area contributed by atoms with Crippen LogP contribution in [0.4, 0.5) is 4.39 Å². The van der Waals surface area contributed by atoms with Gasteiger partial charge in [-0.15, -0.1) is 0 Å². The van der Waals surface area contributed by atoms with Gasteiger partial charge in [0.15, 0.2) is 11.6 Å². The summed E-state index contributed by atoms with van der Waals surface area (Å²) in [6.07, 6.45) is 4.13. The van der Waals surface area contributed by atoms with Crippen LogP contribution in [-0.4, -0.2) is 27.5 Å². The Morgan fingerprint density at radius 3 is 3.10 bits per heavy atom. The van der Waals surface area contributed by atoms with E-state index in [0.29, 0.717) is 12.3 Å². The normalized spacial score (nSPS) is 18.5. The Hall–Kier alpha value is -2.24. The van der Waals surface area contributed by atoms with Gasteiger partial charge in [0.2, 0.25) is 0 Å². The first-order valence-electron chi connectivity index (χ1n) is 6.50. The first-order valence-corrected chi connectivity index (χ1v) is 6.50. The molecular formula is C14H14FN3O2. The van der Waals surface area contributed by atoms with Crippen molar-refractivity contribution in [2.45, 2.75) is 25.8 Å². The number of carbonyl (C=O) groups excluding carboxylic acids is 1. The smallest absolute Gasteiger partial charge is 0.257 e. The van der Waals surface area contributed by atoms with E-state index in [2.05, 4.69) is 10.1 Å². The summed E-state index contributed by atoms with van der Waals surface area (Å²) in [4.78, 5) is 17.8. The number of likely N-dealkylation sites (tertiary alicyclic amines) is 1. The zero-order valence-electron chi connectivity index (χ0n) is 11.0. The second kappa shape index (κ2) is 5.03. The first-order chi connectivity index (χ1) is 9.66. The molecule has 0 aromatic carbocycles. The fraction of sp³-hybridized carbons (Fsp3) is 0.357. The Labute approximate surface area is 115 Å². The molecule has 1 atom stereocenters. The average Bonchev–Trinajstić information content (AvgIpc) is 3.06. The summed E-state index contributed by atoms with van der Waals surface area (Å²) in [5.41, 5.74) is 0.817. The van der Waals surface area contributed by atoms with Gasteiger partial charge in [-0.25, -0.2) is 4.39 Å². The number of amides is 1. The molecule has 0 bridgehead atoms. The van der Waals surface area contributed by atoms with Crippen LogP contribution in [-0.2, 0) is 0 Å². The van der Waals surface area contributed by atoms with Crippen LogP contribution in [0.25, 0.3) is 0 Å². The van der Waals surface area contributed by atoms with Crippen LogP contribution in [0.2, 0.25) is 0 Å². The summed E-state index contributed by atoms with van der Waals surface area (Å²) >= 11 is 0. The molecule has 0 spiro atoms. The SMILES string of the molecule is Cc1cc(C2CCCN2C(=O)c2ccncc2F)on1. The fourth-order valence-electron chi connectivity index (χ4n) is 2.55. The minimum absolute atomic E-state index is 0.0446. The number of nitrogens with zero attached hydrogens (tertiary/aromatic N) is 3. The maximum atomic E-state index is 13.7. The van der Waals surface area contributed by atoms with E-state index >= 15 is 0 Å². The molecule has 0 radical (unpaired) electrons. The van der Waals surface area contributed by atoms with Gasteiger partial charge in [0, 0.05) is 18.8 Å². The summed E-state index contributed by atoms with van der Waals surface area (Å²) in [7, 11) is 0. The molecule has 5 nitrogen and oxygen atoms in total. The Morgan fingerprint density at radius 2 is 2.40 bits per heavy atom. The van der Waals surface area contributed by atoms with E-state index in [1.54, 1.807) is 4.90 Å². The lowest BCUT2D eigenvalue weighted by Gasteiger charge is -2.22. The van der Waals surface area contributed by atoms with Crippen LogP contribution in [0.1, 0.15) is 40.7 Å². The third kappa shape index (κ3) is 2.17. The number of carbonyl (C=O) groups is 1. The van der Waals surface area contributed by atoms with Crippen molar-refractivity contribution in [2.24, 2.45) is 0 Å². The van der Waals surface area contributed by atoms with Crippen molar-refractivity contribution in [2.75, 3.05) is 6.54 Å². The molecule has 6 heteroatoms. The molecule has 2 aromatic heterocycles. The van der Waals surface area contributed by atoms with Crippen molar-refractivity contribution < 1.29 is 13.7 Å². The molecule has 1 unspecified atom stereocenters. The molecular weight excluding hydrogens is 261 g/mol. The van der Waals surface area contributed by atoms with E-state index in [9.17, 15) is 9.18 Å². The van der Waals surface area contributed by atoms with Crippen LogP contribution in [0.3, 0.4) is 0 Å². The van der Waals surface area contributed by atoms with E-state index in [0.717, 1.165) is 24.7 Å². The molecule has 0 aliphatic carbocycles. The van der Waals surface area contributed by atoms with Gasteiger partial charge in [-0.05, 0) is 25.8 Å². The van der Waals surface area contributed by atoms with E-state index < -0.39 is 5.82 Å². The van der Waals surface area contributed by atoms with E-state index in [4.69, 9.17) is 4.52 Å². The van der Waals surface area contributed by atoms with Gasteiger partial charge >= 0.3 is 0 Å². The Kier molecular flexibility index (Phi) is 3.22. The Balaban J connectivity index is 1.89. The van der Waals surface area contributed by atoms with Crippen molar-refractivity contribution in [1.82, 2.24) is 15.0 Å². The summed E-state index contributed by atoms with van der Waals surface area (Å²) in [5.74, 6) is -0.277. The largest absolute Gasteiger partial charge is 0.359 e. The predicted octanol–water partition coefficient (Wildman–Crippen LogP) is 2.49. The van der Waals surface area contributed by atoms with Crippen LogP contribution in [0, 0.1) is 12.7 Å². The van der Waals surface area contributed by atoms with Gasteiger partial charge < -0.3 is 9.42 Å². The van der Waals surface area contributed by atoms with Gasteiger partial charge in [-0.1, -0.05) is 5.16 Å². The molecule has 1 fully saturated rings. The number of hydrogen-bond acceptors (Lipinski definition) is 4. The quantitative estimate of drug-likeness (QED) is 0.845. The lowest BCUT2D eigenvalue weighted by molar-refractivity contribution is 0.0709. The van der Waals surface area contributed by atoms with Crippen molar-refractivity contribution in [3.8, 4) is 0 Å². The predicted molar refractivity (Wildman–Crippen MR) is 68.4 cm³/mol. The van der Waals surface area contributed by atoms with Crippen LogP contribution in [0.15, 0.2) is 29.0 Å². The Bertz CT molecular complexity index is 641. The molecule has 104 valence electrons. The van der Waals surface area contributed by atoms with E-state index in [1.807, 2.05) is 13.0 Å². The molecule has 0 N–H and O–H groups in total. The molecule has 1 saturated heterocycles.